The summed E-state index contributed by atoms with van der Waals surface area (Å²) in [5.74, 6) is -0.255. The third-order valence-corrected chi connectivity index (χ3v) is 2.75. The third kappa shape index (κ3) is 4.43. The van der Waals surface area contributed by atoms with E-state index in [9.17, 15) is 18.0 Å². The predicted molar refractivity (Wildman–Crippen MR) is 72.5 cm³/mol. The summed E-state index contributed by atoms with van der Waals surface area (Å²) in [7, 11) is 0. The zero-order chi connectivity index (χ0) is 15.5. The second-order valence-electron chi connectivity index (χ2n) is 5.06. The van der Waals surface area contributed by atoms with Crippen molar-refractivity contribution in [3.05, 3.63) is 29.3 Å². The van der Waals surface area contributed by atoms with Crippen molar-refractivity contribution in [1.82, 2.24) is 5.32 Å². The first-order chi connectivity index (χ1) is 9.11. The molecule has 0 saturated heterocycles. The van der Waals surface area contributed by atoms with Crippen LogP contribution >= 0.6 is 0 Å². The van der Waals surface area contributed by atoms with Crippen LogP contribution in [0.1, 0.15) is 31.9 Å². The number of nitrogens with one attached hydrogen (secondary N) is 2. The van der Waals surface area contributed by atoms with E-state index in [0.29, 0.717) is 0 Å². The Labute approximate surface area is 116 Å². The van der Waals surface area contributed by atoms with Crippen molar-refractivity contribution in [3.8, 4) is 0 Å². The fourth-order valence-corrected chi connectivity index (χ4v) is 1.74. The summed E-state index contributed by atoms with van der Waals surface area (Å²) in [4.78, 5) is 11.7. The van der Waals surface area contributed by atoms with E-state index in [1.165, 1.54) is 19.1 Å². The predicted octanol–water partition coefficient (Wildman–Crippen LogP) is 3.34. The number of carbonyl (C=O) groups excluding carboxylic acids is 1. The number of aryl methyl sites for hydroxylation is 1. The molecule has 1 unspecified atom stereocenters. The van der Waals surface area contributed by atoms with E-state index in [1.807, 2.05) is 13.8 Å². The van der Waals surface area contributed by atoms with E-state index in [2.05, 4.69) is 10.6 Å². The molecule has 1 amide bonds. The summed E-state index contributed by atoms with van der Waals surface area (Å²) in [6.07, 6.45) is -4.40. The molecule has 0 aliphatic heterocycles. The molecule has 0 aliphatic carbocycles. The first-order valence-corrected chi connectivity index (χ1v) is 6.36. The molecule has 0 bridgehead atoms. The average molecular weight is 288 g/mol. The topological polar surface area (TPSA) is 41.1 Å². The number of halogens is 3. The lowest BCUT2D eigenvalue weighted by molar-refractivity contribution is -0.138. The SMILES string of the molecule is Cc1ccc(NC(C)C(=O)NC(C)C)cc1C(F)(F)F. The summed E-state index contributed by atoms with van der Waals surface area (Å²) in [6.45, 7) is 6.64. The van der Waals surface area contributed by atoms with E-state index in [4.69, 9.17) is 0 Å². The maximum atomic E-state index is 12.8. The summed E-state index contributed by atoms with van der Waals surface area (Å²) >= 11 is 0. The molecule has 6 heteroatoms. The van der Waals surface area contributed by atoms with Gasteiger partial charge in [-0.25, -0.2) is 0 Å². The largest absolute Gasteiger partial charge is 0.416 e. The van der Waals surface area contributed by atoms with Crippen LogP contribution in [-0.2, 0) is 11.0 Å². The van der Waals surface area contributed by atoms with Crippen LogP contribution in [0.25, 0.3) is 0 Å². The van der Waals surface area contributed by atoms with Crippen molar-refractivity contribution in [1.29, 1.82) is 0 Å². The van der Waals surface area contributed by atoms with Gasteiger partial charge in [-0.05, 0) is 45.4 Å². The zero-order valence-electron chi connectivity index (χ0n) is 11.9. The summed E-state index contributed by atoms with van der Waals surface area (Å²) in [5, 5.41) is 5.47. The molecule has 3 nitrogen and oxygen atoms in total. The molecule has 112 valence electrons. The Morgan fingerprint density at radius 3 is 2.30 bits per heavy atom. The Balaban J connectivity index is 2.86. The number of rotatable bonds is 4. The van der Waals surface area contributed by atoms with Crippen molar-refractivity contribution in [2.24, 2.45) is 0 Å². The van der Waals surface area contributed by atoms with Gasteiger partial charge in [0.25, 0.3) is 0 Å². The number of anilines is 1. The number of hydrogen-bond donors (Lipinski definition) is 2. The smallest absolute Gasteiger partial charge is 0.374 e. The fourth-order valence-electron chi connectivity index (χ4n) is 1.74. The summed E-state index contributed by atoms with van der Waals surface area (Å²) in [6, 6.07) is 3.31. The van der Waals surface area contributed by atoms with Gasteiger partial charge in [-0.2, -0.15) is 13.2 Å². The van der Waals surface area contributed by atoms with Gasteiger partial charge in [-0.3, -0.25) is 4.79 Å². The van der Waals surface area contributed by atoms with E-state index >= 15 is 0 Å². The maximum Gasteiger partial charge on any atom is 0.416 e. The van der Waals surface area contributed by atoms with Gasteiger partial charge in [0, 0.05) is 11.7 Å². The molecular formula is C14H19F3N2O. The Kier molecular flexibility index (Phi) is 5.03. The minimum absolute atomic E-state index is 0.0181. The first-order valence-electron chi connectivity index (χ1n) is 6.36. The highest BCUT2D eigenvalue weighted by atomic mass is 19.4. The van der Waals surface area contributed by atoms with Crippen LogP contribution in [0.2, 0.25) is 0 Å². The minimum Gasteiger partial charge on any atom is -0.374 e. The Hall–Kier alpha value is -1.72. The van der Waals surface area contributed by atoms with E-state index < -0.39 is 17.8 Å². The van der Waals surface area contributed by atoms with Gasteiger partial charge in [-0.1, -0.05) is 6.07 Å². The van der Waals surface area contributed by atoms with E-state index in [0.717, 1.165) is 6.07 Å². The lowest BCUT2D eigenvalue weighted by Crippen LogP contribution is -2.41. The molecule has 0 heterocycles. The Morgan fingerprint density at radius 1 is 1.20 bits per heavy atom. The van der Waals surface area contributed by atoms with Crippen LogP contribution < -0.4 is 10.6 Å². The van der Waals surface area contributed by atoms with Crippen molar-refractivity contribution >= 4 is 11.6 Å². The van der Waals surface area contributed by atoms with Crippen LogP contribution in [0.5, 0.6) is 0 Å². The molecule has 1 aromatic rings. The first kappa shape index (κ1) is 16.3. The lowest BCUT2D eigenvalue weighted by atomic mass is 10.1. The number of amides is 1. The number of carbonyl (C=O) groups is 1. The van der Waals surface area contributed by atoms with Crippen LogP contribution in [-0.4, -0.2) is 18.0 Å². The monoisotopic (exact) mass is 288 g/mol. The van der Waals surface area contributed by atoms with Gasteiger partial charge in [-0.15, -0.1) is 0 Å². The average Bonchev–Trinajstić information content (AvgIpc) is 2.29. The highest BCUT2D eigenvalue weighted by Crippen LogP contribution is 2.33. The quantitative estimate of drug-likeness (QED) is 0.892. The molecule has 0 radical (unpaired) electrons. The van der Waals surface area contributed by atoms with Crippen molar-refractivity contribution in [3.63, 3.8) is 0 Å². The van der Waals surface area contributed by atoms with Crippen LogP contribution in [0.3, 0.4) is 0 Å². The lowest BCUT2D eigenvalue weighted by Gasteiger charge is -2.18. The van der Waals surface area contributed by atoms with Crippen molar-refractivity contribution < 1.29 is 18.0 Å². The van der Waals surface area contributed by atoms with Crippen molar-refractivity contribution in [2.45, 2.75) is 46.0 Å². The summed E-state index contributed by atoms with van der Waals surface area (Å²) in [5.41, 5.74) is -0.268. The van der Waals surface area contributed by atoms with Gasteiger partial charge >= 0.3 is 6.18 Å². The van der Waals surface area contributed by atoms with Gasteiger partial charge < -0.3 is 10.6 Å². The molecule has 0 saturated carbocycles. The number of hydrogen-bond acceptors (Lipinski definition) is 2. The van der Waals surface area contributed by atoms with Gasteiger partial charge in [0.05, 0.1) is 5.56 Å². The Morgan fingerprint density at radius 2 is 1.80 bits per heavy atom. The highest BCUT2D eigenvalue weighted by molar-refractivity contribution is 5.84. The molecule has 0 aliphatic rings. The third-order valence-electron chi connectivity index (χ3n) is 2.75. The van der Waals surface area contributed by atoms with Crippen molar-refractivity contribution in [2.75, 3.05) is 5.32 Å². The molecular weight excluding hydrogens is 269 g/mol. The van der Waals surface area contributed by atoms with Crippen LogP contribution in [0, 0.1) is 6.92 Å². The Bertz CT molecular complexity index is 484. The second-order valence-corrected chi connectivity index (χ2v) is 5.06. The minimum atomic E-state index is -4.40. The van der Waals surface area contributed by atoms with Crippen LogP contribution in [0.4, 0.5) is 18.9 Å². The van der Waals surface area contributed by atoms with E-state index in [-0.39, 0.29) is 23.2 Å². The van der Waals surface area contributed by atoms with Gasteiger partial charge in [0.1, 0.15) is 6.04 Å². The van der Waals surface area contributed by atoms with Gasteiger partial charge in [0.15, 0.2) is 0 Å². The highest BCUT2D eigenvalue weighted by Gasteiger charge is 2.32. The number of alkyl halides is 3. The second kappa shape index (κ2) is 6.15. The maximum absolute atomic E-state index is 12.8. The number of benzene rings is 1. The van der Waals surface area contributed by atoms with Crippen LogP contribution in [0.15, 0.2) is 18.2 Å². The molecule has 0 aromatic heterocycles. The molecule has 1 rings (SSSR count). The molecule has 20 heavy (non-hydrogen) atoms. The molecule has 0 fully saturated rings. The zero-order valence-corrected chi connectivity index (χ0v) is 11.9. The summed E-state index contributed by atoms with van der Waals surface area (Å²) < 4.78 is 38.4. The van der Waals surface area contributed by atoms with E-state index in [1.54, 1.807) is 6.92 Å². The standard InChI is InChI=1S/C14H19F3N2O/c1-8(2)18-13(20)10(4)19-11-6-5-9(3)12(7-11)14(15,16)17/h5-8,10,19H,1-4H3,(H,18,20). The van der Waals surface area contributed by atoms with Gasteiger partial charge in [0.2, 0.25) is 5.91 Å². The normalized spacial score (nSPS) is 13.2. The molecule has 1 atom stereocenters. The fraction of sp³-hybridized carbons (Fsp3) is 0.500. The molecule has 0 spiro atoms. The molecule has 1 aromatic carbocycles. The molecule has 2 N–H and O–H groups in total.